The third-order valence-corrected chi connectivity index (χ3v) is 4.35. The van der Waals surface area contributed by atoms with Crippen LogP contribution in [-0.4, -0.2) is 69.2 Å². The van der Waals surface area contributed by atoms with Gasteiger partial charge in [0.2, 0.25) is 15.9 Å². The zero-order chi connectivity index (χ0) is 16.8. The summed E-state index contributed by atoms with van der Waals surface area (Å²) in [5.41, 5.74) is -1.48. The van der Waals surface area contributed by atoms with Crippen LogP contribution in [-0.2, 0) is 29.1 Å². The fourth-order valence-corrected chi connectivity index (χ4v) is 2.65. The fourth-order valence-electron chi connectivity index (χ4n) is 1.84. The minimum absolute atomic E-state index is 0.0154. The minimum atomic E-state index is -3.66. The SMILES string of the molecule is CC(C)OCCS(=O)(=O)NCC(=O)NC1(C(=O)O)CCOC1. The maximum absolute atomic E-state index is 11.7. The number of carboxylic acid groups (broad SMARTS) is 1. The predicted octanol–water partition coefficient (Wildman–Crippen LogP) is -1.31. The van der Waals surface area contributed by atoms with Crippen LogP contribution in [0.1, 0.15) is 20.3 Å². The molecule has 0 bridgehead atoms. The summed E-state index contributed by atoms with van der Waals surface area (Å²) in [5.74, 6) is -2.20. The van der Waals surface area contributed by atoms with Crippen molar-refractivity contribution in [2.75, 3.05) is 32.1 Å². The van der Waals surface area contributed by atoms with E-state index < -0.39 is 34.0 Å². The van der Waals surface area contributed by atoms with Crippen molar-refractivity contribution in [3.63, 3.8) is 0 Å². The van der Waals surface area contributed by atoms with E-state index in [1.807, 2.05) is 0 Å². The van der Waals surface area contributed by atoms with Crippen LogP contribution in [0.25, 0.3) is 0 Å². The number of amides is 1. The van der Waals surface area contributed by atoms with E-state index in [0.29, 0.717) is 0 Å². The van der Waals surface area contributed by atoms with Gasteiger partial charge in [-0.15, -0.1) is 0 Å². The number of carboxylic acids is 1. The highest BCUT2D eigenvalue weighted by molar-refractivity contribution is 7.89. The van der Waals surface area contributed by atoms with E-state index in [1.165, 1.54) is 0 Å². The number of nitrogens with one attached hydrogen (secondary N) is 2. The first-order chi connectivity index (χ1) is 10.2. The Morgan fingerprint density at radius 1 is 1.41 bits per heavy atom. The maximum Gasteiger partial charge on any atom is 0.331 e. The lowest BCUT2D eigenvalue weighted by atomic mass is 9.99. The number of hydrogen-bond donors (Lipinski definition) is 3. The van der Waals surface area contributed by atoms with Crippen LogP contribution < -0.4 is 10.0 Å². The molecule has 128 valence electrons. The van der Waals surface area contributed by atoms with Gasteiger partial charge >= 0.3 is 5.97 Å². The molecule has 1 saturated heterocycles. The van der Waals surface area contributed by atoms with Crippen LogP contribution in [0, 0.1) is 0 Å². The summed E-state index contributed by atoms with van der Waals surface area (Å²) in [4.78, 5) is 23.0. The third kappa shape index (κ3) is 5.87. The smallest absolute Gasteiger partial charge is 0.331 e. The monoisotopic (exact) mass is 338 g/mol. The van der Waals surface area contributed by atoms with Gasteiger partial charge < -0.3 is 19.9 Å². The zero-order valence-electron chi connectivity index (χ0n) is 12.6. The van der Waals surface area contributed by atoms with E-state index in [-0.39, 0.29) is 38.1 Å². The third-order valence-electron chi connectivity index (χ3n) is 3.07. The van der Waals surface area contributed by atoms with Crippen molar-refractivity contribution < 1.29 is 32.6 Å². The molecule has 0 aliphatic carbocycles. The molecular formula is C12H22N2O7S. The number of rotatable bonds is 9. The molecule has 1 aliphatic rings. The first kappa shape index (κ1) is 18.8. The molecule has 0 radical (unpaired) electrons. The van der Waals surface area contributed by atoms with Gasteiger partial charge in [-0.1, -0.05) is 0 Å². The van der Waals surface area contributed by atoms with E-state index in [0.717, 1.165) is 0 Å². The number of ether oxygens (including phenoxy) is 2. The van der Waals surface area contributed by atoms with Crippen molar-refractivity contribution >= 4 is 21.9 Å². The molecular weight excluding hydrogens is 316 g/mol. The van der Waals surface area contributed by atoms with E-state index in [2.05, 4.69) is 10.0 Å². The molecule has 0 spiro atoms. The number of sulfonamides is 1. The Kier molecular flexibility index (Phi) is 6.72. The summed E-state index contributed by atoms with van der Waals surface area (Å²) in [7, 11) is -3.66. The van der Waals surface area contributed by atoms with Crippen molar-refractivity contribution in [2.24, 2.45) is 0 Å². The summed E-state index contributed by atoms with van der Waals surface area (Å²) in [6, 6.07) is 0. The van der Waals surface area contributed by atoms with Gasteiger partial charge in [-0.3, -0.25) is 4.79 Å². The van der Waals surface area contributed by atoms with Crippen LogP contribution in [0.5, 0.6) is 0 Å². The van der Waals surface area contributed by atoms with Crippen LogP contribution in [0.15, 0.2) is 0 Å². The van der Waals surface area contributed by atoms with Gasteiger partial charge in [-0.25, -0.2) is 17.9 Å². The normalized spacial score (nSPS) is 22.0. The quantitative estimate of drug-likeness (QED) is 0.476. The summed E-state index contributed by atoms with van der Waals surface area (Å²) < 4.78 is 35.5. The van der Waals surface area contributed by atoms with Crippen LogP contribution in [0.4, 0.5) is 0 Å². The standard InChI is InChI=1S/C12H22N2O7S/c1-9(2)21-5-6-22(18,19)13-7-10(15)14-12(11(16)17)3-4-20-8-12/h9,13H,3-8H2,1-2H3,(H,14,15)(H,16,17). The van der Waals surface area contributed by atoms with E-state index in [9.17, 15) is 18.0 Å². The van der Waals surface area contributed by atoms with Gasteiger partial charge in [-0.2, -0.15) is 0 Å². The number of aliphatic carboxylic acids is 1. The van der Waals surface area contributed by atoms with Gasteiger partial charge in [0.25, 0.3) is 0 Å². The molecule has 0 aromatic rings. The number of hydrogen-bond acceptors (Lipinski definition) is 6. The van der Waals surface area contributed by atoms with Crippen molar-refractivity contribution in [3.8, 4) is 0 Å². The molecule has 1 heterocycles. The van der Waals surface area contributed by atoms with Gasteiger partial charge in [0.05, 0.1) is 31.6 Å². The average Bonchev–Trinajstić information content (AvgIpc) is 2.86. The number of carbonyl (C=O) groups excluding carboxylic acids is 1. The van der Waals surface area contributed by atoms with Crippen molar-refractivity contribution in [1.29, 1.82) is 0 Å². The van der Waals surface area contributed by atoms with Crippen molar-refractivity contribution in [1.82, 2.24) is 10.0 Å². The highest BCUT2D eigenvalue weighted by atomic mass is 32.2. The largest absolute Gasteiger partial charge is 0.479 e. The van der Waals surface area contributed by atoms with Crippen LogP contribution in [0.2, 0.25) is 0 Å². The lowest BCUT2D eigenvalue weighted by molar-refractivity contribution is -0.147. The molecule has 0 aromatic heterocycles. The lowest BCUT2D eigenvalue weighted by Crippen LogP contribution is -2.57. The summed E-state index contributed by atoms with van der Waals surface area (Å²) >= 11 is 0. The molecule has 9 nitrogen and oxygen atoms in total. The molecule has 22 heavy (non-hydrogen) atoms. The van der Waals surface area contributed by atoms with Crippen LogP contribution in [0.3, 0.4) is 0 Å². The predicted molar refractivity (Wildman–Crippen MR) is 76.8 cm³/mol. The first-order valence-electron chi connectivity index (χ1n) is 6.88. The Labute approximate surface area is 129 Å². The summed E-state index contributed by atoms with van der Waals surface area (Å²) in [6.45, 7) is 3.14. The van der Waals surface area contributed by atoms with E-state index in [4.69, 9.17) is 14.6 Å². The Bertz CT molecular complexity index is 498. The zero-order valence-corrected chi connectivity index (χ0v) is 13.4. The molecule has 1 amide bonds. The van der Waals surface area contributed by atoms with Gasteiger partial charge in [0.1, 0.15) is 0 Å². The highest BCUT2D eigenvalue weighted by Crippen LogP contribution is 2.18. The topological polar surface area (TPSA) is 131 Å². The molecule has 1 aliphatic heterocycles. The molecule has 3 N–H and O–H groups in total. The van der Waals surface area contributed by atoms with E-state index >= 15 is 0 Å². The second kappa shape index (κ2) is 7.86. The molecule has 0 saturated carbocycles. The molecule has 1 rings (SSSR count). The van der Waals surface area contributed by atoms with E-state index in [1.54, 1.807) is 13.8 Å². The maximum atomic E-state index is 11.7. The molecule has 10 heteroatoms. The van der Waals surface area contributed by atoms with Gasteiger partial charge in [0.15, 0.2) is 5.54 Å². The van der Waals surface area contributed by atoms with Gasteiger partial charge in [-0.05, 0) is 13.8 Å². The number of carbonyl (C=O) groups is 2. The average molecular weight is 338 g/mol. The Morgan fingerprint density at radius 3 is 2.59 bits per heavy atom. The summed E-state index contributed by atoms with van der Waals surface area (Å²) in [5, 5.41) is 11.5. The Balaban J connectivity index is 2.43. The first-order valence-corrected chi connectivity index (χ1v) is 8.53. The second-order valence-electron chi connectivity index (χ2n) is 5.30. The highest BCUT2D eigenvalue weighted by Gasteiger charge is 2.43. The fraction of sp³-hybridized carbons (Fsp3) is 0.833. The molecule has 1 fully saturated rings. The van der Waals surface area contributed by atoms with Crippen molar-refractivity contribution in [3.05, 3.63) is 0 Å². The molecule has 1 atom stereocenters. The molecule has 0 aromatic carbocycles. The van der Waals surface area contributed by atoms with Gasteiger partial charge in [0, 0.05) is 13.0 Å². The second-order valence-corrected chi connectivity index (χ2v) is 7.22. The van der Waals surface area contributed by atoms with Crippen molar-refractivity contribution in [2.45, 2.75) is 31.9 Å². The summed E-state index contributed by atoms with van der Waals surface area (Å²) in [6.07, 6.45) is 0.0551. The van der Waals surface area contributed by atoms with Crippen LogP contribution >= 0.6 is 0 Å². The Hall–Kier alpha value is -1.23. The molecule has 1 unspecified atom stereocenters. The lowest BCUT2D eigenvalue weighted by Gasteiger charge is -2.23. The minimum Gasteiger partial charge on any atom is -0.479 e. The Morgan fingerprint density at radius 2 is 2.09 bits per heavy atom.